The van der Waals surface area contributed by atoms with Crippen molar-refractivity contribution >= 4 is 11.9 Å². The molecule has 0 radical (unpaired) electrons. The number of hydrogen-bond donors (Lipinski definition) is 3. The largest absolute Gasteiger partial charge is 0.380 e. The van der Waals surface area contributed by atoms with Crippen LogP contribution in [0.5, 0.6) is 0 Å². The summed E-state index contributed by atoms with van der Waals surface area (Å²) in [6, 6.07) is 9.87. The molecular formula is C17H28N4O2. The van der Waals surface area contributed by atoms with Gasteiger partial charge < -0.3 is 20.7 Å². The highest BCUT2D eigenvalue weighted by Crippen LogP contribution is 1.97. The van der Waals surface area contributed by atoms with E-state index in [1.165, 1.54) is 0 Å². The SMILES string of the molecule is CCNC(=NCCOCC)NCCC(=O)NCc1ccccc1. The number of guanidine groups is 1. The Balaban J connectivity index is 2.22. The van der Waals surface area contributed by atoms with Gasteiger partial charge in [0.2, 0.25) is 5.91 Å². The van der Waals surface area contributed by atoms with Gasteiger partial charge in [0, 0.05) is 32.7 Å². The molecular weight excluding hydrogens is 292 g/mol. The summed E-state index contributed by atoms with van der Waals surface area (Å²) in [4.78, 5) is 16.2. The first-order chi connectivity index (χ1) is 11.3. The molecule has 0 heterocycles. The van der Waals surface area contributed by atoms with E-state index in [9.17, 15) is 4.79 Å². The molecule has 0 atom stereocenters. The maximum absolute atomic E-state index is 11.8. The third kappa shape index (κ3) is 9.52. The molecule has 1 aromatic carbocycles. The molecule has 1 rings (SSSR count). The second kappa shape index (κ2) is 12.5. The molecule has 1 amide bonds. The van der Waals surface area contributed by atoms with Crippen molar-refractivity contribution in [3.63, 3.8) is 0 Å². The second-order valence-corrected chi connectivity index (χ2v) is 4.90. The highest BCUT2D eigenvalue weighted by Gasteiger charge is 2.02. The highest BCUT2D eigenvalue weighted by atomic mass is 16.5. The molecule has 0 aliphatic carbocycles. The molecule has 6 heteroatoms. The average molecular weight is 320 g/mol. The van der Waals surface area contributed by atoms with Crippen LogP contribution in [0.15, 0.2) is 35.3 Å². The van der Waals surface area contributed by atoms with Crippen LogP contribution >= 0.6 is 0 Å². The number of carbonyl (C=O) groups is 1. The number of carbonyl (C=O) groups excluding carboxylic acids is 1. The Labute approximate surface area is 138 Å². The molecule has 0 saturated carbocycles. The quantitative estimate of drug-likeness (QED) is 0.345. The van der Waals surface area contributed by atoms with E-state index in [0.717, 1.165) is 12.1 Å². The second-order valence-electron chi connectivity index (χ2n) is 4.90. The number of ether oxygens (including phenoxy) is 1. The standard InChI is InChI=1S/C17H28N4O2/c1-3-18-17(20-12-13-23-4-2)19-11-10-16(22)21-14-15-8-6-5-7-9-15/h5-9H,3-4,10-14H2,1-2H3,(H,21,22)(H2,18,19,20). The number of hydrogen-bond acceptors (Lipinski definition) is 3. The summed E-state index contributed by atoms with van der Waals surface area (Å²) in [7, 11) is 0. The van der Waals surface area contributed by atoms with Crippen LogP contribution in [0, 0.1) is 0 Å². The minimum absolute atomic E-state index is 0.0199. The summed E-state index contributed by atoms with van der Waals surface area (Å²) in [5.74, 6) is 0.731. The summed E-state index contributed by atoms with van der Waals surface area (Å²) in [5, 5.41) is 9.20. The first kappa shape index (κ1) is 19.0. The predicted octanol–water partition coefficient (Wildman–Crippen LogP) is 1.28. The lowest BCUT2D eigenvalue weighted by Gasteiger charge is -2.11. The zero-order valence-electron chi connectivity index (χ0n) is 14.1. The van der Waals surface area contributed by atoms with Gasteiger partial charge in [-0.15, -0.1) is 0 Å². The van der Waals surface area contributed by atoms with Crippen molar-refractivity contribution in [1.29, 1.82) is 0 Å². The lowest BCUT2D eigenvalue weighted by atomic mass is 10.2. The highest BCUT2D eigenvalue weighted by molar-refractivity contribution is 5.81. The van der Waals surface area contributed by atoms with Gasteiger partial charge in [-0.2, -0.15) is 0 Å². The first-order valence-electron chi connectivity index (χ1n) is 8.16. The van der Waals surface area contributed by atoms with E-state index in [0.29, 0.717) is 45.2 Å². The van der Waals surface area contributed by atoms with Crippen molar-refractivity contribution in [2.75, 3.05) is 32.8 Å². The van der Waals surface area contributed by atoms with E-state index in [-0.39, 0.29) is 5.91 Å². The summed E-state index contributed by atoms with van der Waals surface area (Å²) in [6.45, 7) is 7.74. The molecule has 0 saturated heterocycles. The lowest BCUT2D eigenvalue weighted by molar-refractivity contribution is -0.121. The molecule has 3 N–H and O–H groups in total. The van der Waals surface area contributed by atoms with Gasteiger partial charge >= 0.3 is 0 Å². The zero-order valence-corrected chi connectivity index (χ0v) is 14.1. The fourth-order valence-corrected chi connectivity index (χ4v) is 1.89. The Kier molecular flexibility index (Phi) is 10.3. The van der Waals surface area contributed by atoms with Gasteiger partial charge in [-0.1, -0.05) is 30.3 Å². The van der Waals surface area contributed by atoms with Crippen molar-refractivity contribution in [3.05, 3.63) is 35.9 Å². The van der Waals surface area contributed by atoms with Gasteiger partial charge in [-0.05, 0) is 19.4 Å². The maximum Gasteiger partial charge on any atom is 0.222 e. The van der Waals surface area contributed by atoms with E-state index in [1.54, 1.807) is 0 Å². The fraction of sp³-hybridized carbons (Fsp3) is 0.529. The molecule has 23 heavy (non-hydrogen) atoms. The summed E-state index contributed by atoms with van der Waals surface area (Å²) in [6.07, 6.45) is 0.405. The molecule has 0 bridgehead atoms. The van der Waals surface area contributed by atoms with Crippen molar-refractivity contribution in [2.24, 2.45) is 4.99 Å². The Hall–Kier alpha value is -2.08. The molecule has 0 aliphatic rings. The first-order valence-corrected chi connectivity index (χ1v) is 8.16. The van der Waals surface area contributed by atoms with Crippen LogP contribution in [0.1, 0.15) is 25.8 Å². The van der Waals surface area contributed by atoms with E-state index >= 15 is 0 Å². The molecule has 6 nitrogen and oxygen atoms in total. The molecule has 0 unspecified atom stereocenters. The van der Waals surface area contributed by atoms with E-state index < -0.39 is 0 Å². The smallest absolute Gasteiger partial charge is 0.222 e. The number of amides is 1. The zero-order chi connectivity index (χ0) is 16.8. The molecule has 0 aromatic heterocycles. The van der Waals surface area contributed by atoms with Gasteiger partial charge in [0.15, 0.2) is 5.96 Å². The predicted molar refractivity (Wildman–Crippen MR) is 93.4 cm³/mol. The number of rotatable bonds is 10. The van der Waals surface area contributed by atoms with Gasteiger partial charge in [0.25, 0.3) is 0 Å². The average Bonchev–Trinajstić information content (AvgIpc) is 2.58. The number of nitrogens with one attached hydrogen (secondary N) is 3. The van der Waals surface area contributed by atoms with Crippen molar-refractivity contribution in [2.45, 2.75) is 26.8 Å². The lowest BCUT2D eigenvalue weighted by Crippen LogP contribution is -2.39. The summed E-state index contributed by atoms with van der Waals surface area (Å²) < 4.78 is 5.25. The van der Waals surface area contributed by atoms with Crippen LogP contribution in [-0.2, 0) is 16.1 Å². The number of aliphatic imine (C=N–C) groups is 1. The Morgan fingerprint density at radius 3 is 2.61 bits per heavy atom. The topological polar surface area (TPSA) is 74.8 Å². The van der Waals surface area contributed by atoms with E-state index in [2.05, 4.69) is 20.9 Å². The van der Waals surface area contributed by atoms with Crippen LogP contribution < -0.4 is 16.0 Å². The number of nitrogens with zero attached hydrogens (tertiary/aromatic N) is 1. The third-order valence-electron chi connectivity index (χ3n) is 3.03. The van der Waals surface area contributed by atoms with Crippen LogP contribution in [0.2, 0.25) is 0 Å². The van der Waals surface area contributed by atoms with Crippen LogP contribution in [0.4, 0.5) is 0 Å². The van der Waals surface area contributed by atoms with Gasteiger partial charge in [-0.3, -0.25) is 9.79 Å². The monoisotopic (exact) mass is 320 g/mol. The maximum atomic E-state index is 11.8. The van der Waals surface area contributed by atoms with E-state index in [1.807, 2.05) is 44.2 Å². The van der Waals surface area contributed by atoms with Gasteiger partial charge in [-0.25, -0.2) is 0 Å². The Morgan fingerprint density at radius 2 is 1.91 bits per heavy atom. The van der Waals surface area contributed by atoms with Crippen LogP contribution in [0.3, 0.4) is 0 Å². The Bertz CT molecular complexity index is 463. The van der Waals surface area contributed by atoms with Crippen molar-refractivity contribution in [1.82, 2.24) is 16.0 Å². The Morgan fingerprint density at radius 1 is 1.13 bits per heavy atom. The van der Waals surface area contributed by atoms with Crippen molar-refractivity contribution in [3.8, 4) is 0 Å². The van der Waals surface area contributed by atoms with Gasteiger partial charge in [0.1, 0.15) is 0 Å². The van der Waals surface area contributed by atoms with E-state index in [4.69, 9.17) is 4.74 Å². The summed E-state index contributed by atoms with van der Waals surface area (Å²) in [5.41, 5.74) is 1.10. The third-order valence-corrected chi connectivity index (χ3v) is 3.03. The molecule has 1 aromatic rings. The summed E-state index contributed by atoms with van der Waals surface area (Å²) >= 11 is 0. The minimum Gasteiger partial charge on any atom is -0.380 e. The van der Waals surface area contributed by atoms with Gasteiger partial charge in [0.05, 0.1) is 13.2 Å². The minimum atomic E-state index is 0.0199. The van der Waals surface area contributed by atoms with Crippen molar-refractivity contribution < 1.29 is 9.53 Å². The molecule has 128 valence electrons. The van der Waals surface area contributed by atoms with Crippen LogP contribution in [0.25, 0.3) is 0 Å². The number of benzene rings is 1. The molecule has 0 fully saturated rings. The fourth-order valence-electron chi connectivity index (χ4n) is 1.89. The van der Waals surface area contributed by atoms with Crippen LogP contribution in [-0.4, -0.2) is 44.7 Å². The molecule has 0 spiro atoms. The normalized spacial score (nSPS) is 11.1. The molecule has 0 aliphatic heterocycles.